The van der Waals surface area contributed by atoms with Crippen molar-refractivity contribution >= 4 is 35.0 Å². The number of carbonyl (C=O) groups excluding carboxylic acids is 2. The Bertz CT molecular complexity index is 1240. The number of carbonyl (C=O) groups is 2. The van der Waals surface area contributed by atoms with Gasteiger partial charge >= 0.3 is 0 Å². The molecule has 2 heterocycles. The summed E-state index contributed by atoms with van der Waals surface area (Å²) in [6.45, 7) is 1.73. The minimum absolute atomic E-state index is 0.256. The molecule has 0 saturated carbocycles. The highest BCUT2D eigenvalue weighted by atomic mass is 32.2. The van der Waals surface area contributed by atoms with Gasteiger partial charge in [-0.05, 0) is 42.5 Å². The molecule has 32 heavy (non-hydrogen) atoms. The van der Waals surface area contributed by atoms with Crippen molar-refractivity contribution in [2.45, 2.75) is 17.6 Å². The molecule has 0 spiro atoms. The van der Waals surface area contributed by atoms with Gasteiger partial charge in [-0.1, -0.05) is 23.4 Å². The summed E-state index contributed by atoms with van der Waals surface area (Å²) in [4.78, 5) is 34.2. The minimum Gasteiger partial charge on any atom is -0.340 e. The van der Waals surface area contributed by atoms with Gasteiger partial charge in [-0.15, -0.1) is 11.8 Å². The van der Waals surface area contributed by atoms with Gasteiger partial charge < -0.3 is 15.2 Å². The summed E-state index contributed by atoms with van der Waals surface area (Å²) >= 11 is 1.45. The quantitative estimate of drug-likeness (QED) is 0.401. The number of aryl methyl sites for hydroxylation is 1. The lowest BCUT2D eigenvalue weighted by Gasteiger charge is -2.11. The van der Waals surface area contributed by atoms with E-state index in [9.17, 15) is 9.59 Å². The summed E-state index contributed by atoms with van der Waals surface area (Å²) in [6.07, 6.45) is 3.09. The van der Waals surface area contributed by atoms with Gasteiger partial charge in [-0.2, -0.15) is 4.98 Å². The summed E-state index contributed by atoms with van der Waals surface area (Å²) in [5.41, 5.74) is 2.10. The molecule has 9 heteroatoms. The van der Waals surface area contributed by atoms with E-state index in [-0.39, 0.29) is 11.8 Å². The van der Waals surface area contributed by atoms with Crippen molar-refractivity contribution in [1.29, 1.82) is 0 Å². The second-order valence-electron chi connectivity index (χ2n) is 6.75. The number of hydrogen-bond donors (Lipinski definition) is 2. The molecular formula is C23H19N5O3S. The zero-order valence-electron chi connectivity index (χ0n) is 17.1. The molecule has 0 aliphatic rings. The molecule has 0 radical (unpaired) electrons. The Kier molecular flexibility index (Phi) is 6.57. The second kappa shape index (κ2) is 9.88. The van der Waals surface area contributed by atoms with E-state index in [2.05, 4.69) is 25.8 Å². The normalized spacial score (nSPS) is 10.5. The molecule has 0 unspecified atom stereocenters. The van der Waals surface area contributed by atoms with Crippen LogP contribution in [0.25, 0.3) is 0 Å². The first kappa shape index (κ1) is 21.3. The predicted molar refractivity (Wildman–Crippen MR) is 122 cm³/mol. The largest absolute Gasteiger partial charge is 0.340 e. The number of nitrogens with zero attached hydrogens (tertiary/aromatic N) is 3. The third kappa shape index (κ3) is 5.38. The summed E-state index contributed by atoms with van der Waals surface area (Å²) in [5.74, 6) is 1.02. The van der Waals surface area contributed by atoms with Crippen LogP contribution in [0.2, 0.25) is 0 Å². The zero-order chi connectivity index (χ0) is 22.3. The maximum atomic E-state index is 12.9. The van der Waals surface area contributed by atoms with E-state index in [4.69, 9.17) is 4.52 Å². The van der Waals surface area contributed by atoms with Crippen LogP contribution in [0.1, 0.15) is 32.4 Å². The van der Waals surface area contributed by atoms with E-state index in [1.807, 2.05) is 18.2 Å². The fraction of sp³-hybridized carbons (Fsp3) is 0.0870. The Morgan fingerprint density at radius 2 is 1.75 bits per heavy atom. The van der Waals surface area contributed by atoms with Crippen LogP contribution >= 0.6 is 11.8 Å². The first-order valence-corrected chi connectivity index (χ1v) is 10.7. The number of hydrogen-bond acceptors (Lipinski definition) is 7. The standard InChI is InChI=1S/C23H19N5O3S/c1-15-25-21(28-31-15)14-32-20-10-3-2-9-19(20)23(30)27-18-8-4-7-17(12-18)26-22(29)16-6-5-11-24-13-16/h2-13H,14H2,1H3,(H,26,29)(H,27,30). The Morgan fingerprint density at radius 1 is 0.969 bits per heavy atom. The fourth-order valence-corrected chi connectivity index (χ4v) is 3.79. The number of benzene rings is 2. The van der Waals surface area contributed by atoms with Crippen LogP contribution in [0.4, 0.5) is 11.4 Å². The molecule has 0 aliphatic heterocycles. The Morgan fingerprint density at radius 3 is 2.47 bits per heavy atom. The highest BCUT2D eigenvalue weighted by molar-refractivity contribution is 7.98. The third-order valence-corrected chi connectivity index (χ3v) is 5.43. The number of nitrogens with one attached hydrogen (secondary N) is 2. The van der Waals surface area contributed by atoms with Crippen molar-refractivity contribution in [2.24, 2.45) is 0 Å². The van der Waals surface area contributed by atoms with Crippen molar-refractivity contribution in [2.75, 3.05) is 10.6 Å². The minimum atomic E-state index is -0.278. The number of thioether (sulfide) groups is 1. The lowest BCUT2D eigenvalue weighted by molar-refractivity contribution is 0.101. The molecule has 2 amide bonds. The molecule has 2 aromatic heterocycles. The molecule has 8 nitrogen and oxygen atoms in total. The molecule has 160 valence electrons. The van der Waals surface area contributed by atoms with Crippen LogP contribution in [-0.4, -0.2) is 26.9 Å². The predicted octanol–water partition coefficient (Wildman–Crippen LogP) is 4.57. The average Bonchev–Trinajstić information content (AvgIpc) is 3.23. The van der Waals surface area contributed by atoms with E-state index in [1.165, 1.54) is 18.0 Å². The molecule has 0 atom stereocenters. The monoisotopic (exact) mass is 445 g/mol. The average molecular weight is 446 g/mol. The molecule has 0 aliphatic carbocycles. The van der Waals surface area contributed by atoms with E-state index in [0.717, 1.165) is 4.90 Å². The van der Waals surface area contributed by atoms with Crippen molar-refractivity contribution in [3.8, 4) is 0 Å². The van der Waals surface area contributed by atoms with Crippen LogP contribution in [0.3, 0.4) is 0 Å². The van der Waals surface area contributed by atoms with Gasteiger partial charge in [-0.25, -0.2) is 0 Å². The van der Waals surface area contributed by atoms with Gasteiger partial charge in [0.1, 0.15) is 0 Å². The van der Waals surface area contributed by atoms with E-state index >= 15 is 0 Å². The second-order valence-corrected chi connectivity index (χ2v) is 7.76. The maximum absolute atomic E-state index is 12.9. The highest BCUT2D eigenvalue weighted by Gasteiger charge is 2.14. The van der Waals surface area contributed by atoms with Crippen molar-refractivity contribution < 1.29 is 14.1 Å². The molecule has 4 aromatic rings. The van der Waals surface area contributed by atoms with Crippen molar-refractivity contribution in [3.63, 3.8) is 0 Å². The Balaban J connectivity index is 1.44. The van der Waals surface area contributed by atoms with Gasteiger partial charge in [0.2, 0.25) is 5.89 Å². The van der Waals surface area contributed by atoms with E-state index in [1.54, 1.807) is 55.6 Å². The maximum Gasteiger partial charge on any atom is 0.257 e. The molecular weight excluding hydrogens is 426 g/mol. The van der Waals surface area contributed by atoms with Crippen LogP contribution in [0.5, 0.6) is 0 Å². The van der Waals surface area contributed by atoms with Gasteiger partial charge in [0.25, 0.3) is 11.8 Å². The van der Waals surface area contributed by atoms with Crippen molar-refractivity contribution in [1.82, 2.24) is 15.1 Å². The van der Waals surface area contributed by atoms with Crippen LogP contribution < -0.4 is 10.6 Å². The number of aromatic nitrogens is 3. The topological polar surface area (TPSA) is 110 Å². The summed E-state index contributed by atoms with van der Waals surface area (Å²) in [7, 11) is 0. The van der Waals surface area contributed by atoms with E-state index < -0.39 is 0 Å². The van der Waals surface area contributed by atoms with Crippen LogP contribution in [-0.2, 0) is 5.75 Å². The number of rotatable bonds is 7. The first-order chi connectivity index (χ1) is 15.6. The lowest BCUT2D eigenvalue weighted by Crippen LogP contribution is -2.14. The van der Waals surface area contributed by atoms with Gasteiger partial charge in [-0.3, -0.25) is 14.6 Å². The molecule has 0 saturated heterocycles. The smallest absolute Gasteiger partial charge is 0.257 e. The SMILES string of the molecule is Cc1nc(CSc2ccccc2C(=O)Nc2cccc(NC(=O)c3cccnc3)c2)no1. The van der Waals surface area contributed by atoms with E-state index in [0.29, 0.717) is 40.0 Å². The summed E-state index contributed by atoms with van der Waals surface area (Å²) in [6, 6.07) is 17.6. The Labute approximate surface area is 188 Å². The van der Waals surface area contributed by atoms with Gasteiger partial charge in [0.15, 0.2) is 5.82 Å². The Hall–Kier alpha value is -3.98. The lowest BCUT2D eigenvalue weighted by atomic mass is 10.2. The van der Waals surface area contributed by atoms with Crippen molar-refractivity contribution in [3.05, 3.63) is 95.9 Å². The number of anilines is 2. The number of amides is 2. The van der Waals surface area contributed by atoms with Gasteiger partial charge in [0.05, 0.1) is 16.9 Å². The molecule has 2 N–H and O–H groups in total. The molecule has 0 fully saturated rings. The van der Waals surface area contributed by atoms with Gasteiger partial charge in [0, 0.05) is 35.6 Å². The molecule has 4 rings (SSSR count). The van der Waals surface area contributed by atoms with Crippen LogP contribution in [0.15, 0.2) is 82.5 Å². The molecule has 2 aromatic carbocycles. The zero-order valence-corrected chi connectivity index (χ0v) is 17.9. The summed E-state index contributed by atoms with van der Waals surface area (Å²) < 4.78 is 4.99. The fourth-order valence-electron chi connectivity index (χ4n) is 2.90. The highest BCUT2D eigenvalue weighted by Crippen LogP contribution is 2.26. The summed E-state index contributed by atoms with van der Waals surface area (Å²) in [5, 5.41) is 9.58. The number of pyridine rings is 1. The molecule has 0 bridgehead atoms. The third-order valence-electron chi connectivity index (χ3n) is 4.36. The first-order valence-electron chi connectivity index (χ1n) is 9.72. The van der Waals surface area contributed by atoms with Crippen LogP contribution in [0, 0.1) is 6.92 Å².